The van der Waals surface area contributed by atoms with Gasteiger partial charge in [-0.2, -0.15) is 8.78 Å². The lowest BCUT2D eigenvalue weighted by atomic mass is 9.91. The Morgan fingerprint density at radius 2 is 1.84 bits per heavy atom. The highest BCUT2D eigenvalue weighted by Gasteiger charge is 2.49. The van der Waals surface area contributed by atoms with E-state index in [1.807, 2.05) is 12.1 Å². The predicted octanol–water partition coefficient (Wildman–Crippen LogP) is 2.25. The highest BCUT2D eigenvalue weighted by Crippen LogP contribution is 2.37. The number of para-hydroxylation sites is 1. The van der Waals surface area contributed by atoms with Gasteiger partial charge in [-0.25, -0.2) is 0 Å². The van der Waals surface area contributed by atoms with Crippen LogP contribution in [0.2, 0.25) is 0 Å². The zero-order valence-corrected chi connectivity index (χ0v) is 12.9. The van der Waals surface area contributed by atoms with E-state index in [4.69, 9.17) is 0 Å². The van der Waals surface area contributed by atoms with Crippen LogP contribution in [-0.2, 0) is 17.1 Å². The highest BCUT2D eigenvalue weighted by molar-refractivity contribution is 6.19. The van der Waals surface area contributed by atoms with E-state index in [-0.39, 0.29) is 5.56 Å². The number of nitrogens with zero attached hydrogens (tertiary/aromatic N) is 1. The van der Waals surface area contributed by atoms with Crippen LogP contribution < -0.4 is 10.2 Å². The molecule has 0 saturated carbocycles. The Bertz CT molecular complexity index is 940. The second-order valence-electron chi connectivity index (χ2n) is 5.92. The van der Waals surface area contributed by atoms with Crippen molar-refractivity contribution in [2.45, 2.75) is 12.3 Å². The van der Waals surface area contributed by atoms with Crippen molar-refractivity contribution in [2.24, 2.45) is 0 Å². The quantitative estimate of drug-likeness (QED) is 0.809. The van der Waals surface area contributed by atoms with E-state index < -0.39 is 34.8 Å². The Morgan fingerprint density at radius 3 is 2.64 bits per heavy atom. The largest absolute Gasteiger partial charge is 0.351 e. The van der Waals surface area contributed by atoms with Crippen LogP contribution in [0.4, 0.5) is 14.5 Å². The summed E-state index contributed by atoms with van der Waals surface area (Å²) in [6.45, 7) is 0.402. The first-order chi connectivity index (χ1) is 11.9. The first kappa shape index (κ1) is 15.4. The second-order valence-corrected chi connectivity index (χ2v) is 5.92. The maximum absolute atomic E-state index is 14.1. The number of alkyl halides is 2. The average Bonchev–Trinajstić information content (AvgIpc) is 3.03. The molecule has 0 fully saturated rings. The molecule has 0 radical (unpaired) electrons. The maximum atomic E-state index is 14.1. The number of carbonyl (C=O) groups excluding carboxylic acids is 3. The van der Waals surface area contributed by atoms with Crippen LogP contribution in [-0.4, -0.2) is 24.3 Å². The van der Waals surface area contributed by atoms with Gasteiger partial charge in [0.15, 0.2) is 0 Å². The maximum Gasteiger partial charge on any atom is 0.351 e. The predicted molar refractivity (Wildman–Crippen MR) is 84.6 cm³/mol. The molecule has 126 valence electrons. The minimum atomic E-state index is -3.86. The topological polar surface area (TPSA) is 66.5 Å². The Hall–Kier alpha value is -3.09. The smallest absolute Gasteiger partial charge is 0.308 e. The minimum absolute atomic E-state index is 0.140. The van der Waals surface area contributed by atoms with Gasteiger partial charge in [0.1, 0.15) is 0 Å². The van der Waals surface area contributed by atoms with Gasteiger partial charge in [0.2, 0.25) is 0 Å². The number of carbonyl (C=O) groups is 3. The van der Waals surface area contributed by atoms with Crippen molar-refractivity contribution in [2.75, 3.05) is 11.4 Å². The summed E-state index contributed by atoms with van der Waals surface area (Å²) in [5, 5.41) is 1.63. The third-order valence-electron chi connectivity index (χ3n) is 4.50. The molecule has 1 N–H and O–H groups in total. The average molecular weight is 342 g/mol. The van der Waals surface area contributed by atoms with E-state index in [9.17, 15) is 23.2 Å². The van der Waals surface area contributed by atoms with Gasteiger partial charge in [-0.3, -0.25) is 19.7 Å². The number of hydrogen-bond acceptors (Lipinski definition) is 3. The summed E-state index contributed by atoms with van der Waals surface area (Å²) in [6, 6.07) is 10.9. The molecular weight excluding hydrogens is 330 g/mol. The van der Waals surface area contributed by atoms with Gasteiger partial charge in [-0.1, -0.05) is 30.3 Å². The third-order valence-corrected chi connectivity index (χ3v) is 4.50. The number of fused-ring (bicyclic) bond motifs is 2. The fourth-order valence-corrected chi connectivity index (χ4v) is 3.30. The van der Waals surface area contributed by atoms with Gasteiger partial charge >= 0.3 is 11.8 Å². The molecule has 2 aliphatic rings. The van der Waals surface area contributed by atoms with Crippen molar-refractivity contribution in [1.82, 2.24) is 5.32 Å². The Morgan fingerprint density at radius 1 is 1.08 bits per heavy atom. The molecule has 0 aliphatic carbocycles. The lowest BCUT2D eigenvalue weighted by molar-refractivity contribution is -0.146. The normalized spacial score (nSPS) is 17.8. The van der Waals surface area contributed by atoms with E-state index in [1.54, 1.807) is 17.4 Å². The number of anilines is 1. The van der Waals surface area contributed by atoms with Crippen LogP contribution in [0.3, 0.4) is 0 Å². The van der Waals surface area contributed by atoms with Gasteiger partial charge < -0.3 is 4.90 Å². The zero-order valence-electron chi connectivity index (χ0n) is 12.9. The molecule has 0 saturated heterocycles. The molecule has 25 heavy (non-hydrogen) atoms. The minimum Gasteiger partial charge on any atom is -0.308 e. The van der Waals surface area contributed by atoms with E-state index in [0.717, 1.165) is 11.6 Å². The second kappa shape index (κ2) is 5.20. The molecule has 0 spiro atoms. The summed E-state index contributed by atoms with van der Waals surface area (Å²) in [7, 11) is 0. The van der Waals surface area contributed by atoms with E-state index in [0.29, 0.717) is 18.7 Å². The molecule has 2 aromatic carbocycles. The molecule has 0 unspecified atom stereocenters. The van der Waals surface area contributed by atoms with Crippen LogP contribution in [0.15, 0.2) is 42.5 Å². The first-order valence-corrected chi connectivity index (χ1v) is 7.68. The van der Waals surface area contributed by atoms with Crippen molar-refractivity contribution in [1.29, 1.82) is 0 Å². The van der Waals surface area contributed by atoms with E-state index >= 15 is 0 Å². The molecule has 2 aliphatic heterocycles. The van der Waals surface area contributed by atoms with E-state index in [1.165, 1.54) is 17.0 Å². The Balaban J connectivity index is 1.83. The molecule has 0 aromatic heterocycles. The van der Waals surface area contributed by atoms with Gasteiger partial charge in [0.05, 0.1) is 11.1 Å². The first-order valence-electron chi connectivity index (χ1n) is 7.68. The van der Waals surface area contributed by atoms with Gasteiger partial charge in [0.25, 0.3) is 11.8 Å². The molecule has 0 atom stereocenters. The lowest BCUT2D eigenvalue weighted by Gasteiger charge is -2.26. The Kier molecular flexibility index (Phi) is 3.21. The van der Waals surface area contributed by atoms with Crippen molar-refractivity contribution in [3.63, 3.8) is 0 Å². The summed E-state index contributed by atoms with van der Waals surface area (Å²) >= 11 is 0. The van der Waals surface area contributed by atoms with Gasteiger partial charge in [-0.05, 0) is 24.1 Å². The fourth-order valence-electron chi connectivity index (χ4n) is 3.30. The van der Waals surface area contributed by atoms with Crippen LogP contribution in [0.5, 0.6) is 0 Å². The molecule has 7 heteroatoms. The SMILES string of the molecule is O=C1NC(=O)C(F)(F)c2cccc(C(=O)N3CCc4ccccc43)c21. The molecular formula is C18H12F2N2O3. The van der Waals surface area contributed by atoms with Gasteiger partial charge in [-0.15, -0.1) is 0 Å². The zero-order chi connectivity index (χ0) is 17.8. The molecule has 5 nitrogen and oxygen atoms in total. The number of halogens is 2. The molecule has 2 heterocycles. The van der Waals surface area contributed by atoms with Crippen LogP contribution in [0, 0.1) is 0 Å². The van der Waals surface area contributed by atoms with Gasteiger partial charge in [0, 0.05) is 17.8 Å². The molecule has 2 aromatic rings. The molecule has 4 rings (SSSR count). The van der Waals surface area contributed by atoms with Crippen LogP contribution >= 0.6 is 0 Å². The Labute approximate surface area is 141 Å². The molecule has 0 bridgehead atoms. The number of nitrogens with one attached hydrogen (secondary N) is 1. The monoisotopic (exact) mass is 342 g/mol. The molecule has 3 amide bonds. The van der Waals surface area contributed by atoms with Crippen LogP contribution in [0.1, 0.15) is 31.8 Å². The van der Waals surface area contributed by atoms with E-state index in [2.05, 4.69) is 0 Å². The van der Waals surface area contributed by atoms with Crippen LogP contribution in [0.25, 0.3) is 0 Å². The number of amides is 3. The summed E-state index contributed by atoms with van der Waals surface area (Å²) in [5.74, 6) is -7.06. The number of imide groups is 1. The fraction of sp³-hybridized carbons (Fsp3) is 0.167. The number of hydrogen-bond donors (Lipinski definition) is 1. The summed E-state index contributed by atoms with van der Waals surface area (Å²) in [6.07, 6.45) is 0.651. The van der Waals surface area contributed by atoms with Crippen molar-refractivity contribution in [3.05, 3.63) is 64.7 Å². The summed E-state index contributed by atoms with van der Waals surface area (Å²) in [5.41, 5.74) is 0.356. The lowest BCUT2D eigenvalue weighted by Crippen LogP contribution is -2.48. The van der Waals surface area contributed by atoms with Crippen molar-refractivity contribution >= 4 is 23.4 Å². The highest BCUT2D eigenvalue weighted by atomic mass is 19.3. The third kappa shape index (κ3) is 2.15. The van der Waals surface area contributed by atoms with Crippen molar-refractivity contribution < 1.29 is 23.2 Å². The summed E-state index contributed by atoms with van der Waals surface area (Å²) < 4.78 is 28.3. The standard InChI is InChI=1S/C18H12F2N2O3/c19-18(20)12-6-3-5-11(14(12)15(23)21-17(18)25)16(24)22-9-8-10-4-1-2-7-13(10)22/h1-7H,8-9H2,(H,21,23,25). The number of benzene rings is 2. The number of rotatable bonds is 1. The summed E-state index contributed by atoms with van der Waals surface area (Å²) in [4.78, 5) is 37.9. The van der Waals surface area contributed by atoms with Crippen molar-refractivity contribution in [3.8, 4) is 0 Å².